The molecule has 2 aromatic carbocycles. The number of hydrogen-bond donors (Lipinski definition) is 0. The molecule has 150 valence electrons. The molecule has 1 saturated heterocycles. The van der Waals surface area contributed by atoms with Gasteiger partial charge in [-0.2, -0.15) is 5.10 Å². The van der Waals surface area contributed by atoms with Crippen molar-refractivity contribution in [3.05, 3.63) is 82.9 Å². The number of benzene rings is 2. The number of nitrogens with zero attached hydrogens (tertiary/aromatic N) is 3. The Morgan fingerprint density at radius 2 is 1.83 bits per heavy atom. The van der Waals surface area contributed by atoms with Crippen molar-refractivity contribution < 1.29 is 9.18 Å². The SMILES string of the molecule is Cc1cc(C)n(-c2ccc(C(=O)N3CCCC(Cc4ccc(F)cc4)C3)cc2)n1. The Kier molecular flexibility index (Phi) is 5.47. The molecule has 0 N–H and O–H groups in total. The van der Waals surface area contributed by atoms with Crippen LogP contribution in [-0.2, 0) is 6.42 Å². The van der Waals surface area contributed by atoms with Crippen LogP contribution in [0.5, 0.6) is 0 Å². The zero-order valence-electron chi connectivity index (χ0n) is 16.9. The summed E-state index contributed by atoms with van der Waals surface area (Å²) in [6, 6.07) is 16.4. The molecule has 2 heterocycles. The first kappa shape index (κ1) is 19.4. The number of carbonyl (C=O) groups excluding carboxylic acids is 1. The molecular weight excluding hydrogens is 365 g/mol. The van der Waals surface area contributed by atoms with Gasteiger partial charge >= 0.3 is 0 Å². The summed E-state index contributed by atoms with van der Waals surface area (Å²) in [6.07, 6.45) is 2.97. The van der Waals surface area contributed by atoms with Gasteiger partial charge in [0.15, 0.2) is 0 Å². The van der Waals surface area contributed by atoms with Gasteiger partial charge in [0.25, 0.3) is 5.91 Å². The van der Waals surface area contributed by atoms with E-state index in [2.05, 4.69) is 5.10 Å². The fraction of sp³-hybridized carbons (Fsp3) is 0.333. The maximum absolute atomic E-state index is 13.1. The average molecular weight is 391 g/mol. The van der Waals surface area contributed by atoms with Crippen LogP contribution in [0.25, 0.3) is 5.69 Å². The Hall–Kier alpha value is -2.95. The summed E-state index contributed by atoms with van der Waals surface area (Å²) in [7, 11) is 0. The number of amides is 1. The summed E-state index contributed by atoms with van der Waals surface area (Å²) >= 11 is 0. The van der Waals surface area contributed by atoms with Gasteiger partial charge in [0, 0.05) is 24.3 Å². The van der Waals surface area contributed by atoms with Crippen molar-refractivity contribution in [1.82, 2.24) is 14.7 Å². The van der Waals surface area contributed by atoms with E-state index in [1.54, 1.807) is 0 Å². The maximum atomic E-state index is 13.1. The van der Waals surface area contributed by atoms with Crippen molar-refractivity contribution in [1.29, 1.82) is 0 Å². The van der Waals surface area contributed by atoms with Gasteiger partial charge in [-0.15, -0.1) is 0 Å². The lowest BCUT2D eigenvalue weighted by Gasteiger charge is -2.33. The van der Waals surface area contributed by atoms with Crippen molar-refractivity contribution in [3.8, 4) is 5.69 Å². The van der Waals surface area contributed by atoms with Crippen LogP contribution in [0.2, 0.25) is 0 Å². The minimum absolute atomic E-state index is 0.0775. The Bertz CT molecular complexity index is 992. The minimum atomic E-state index is -0.210. The lowest BCUT2D eigenvalue weighted by molar-refractivity contribution is 0.0673. The molecule has 1 atom stereocenters. The molecule has 1 aliphatic heterocycles. The fourth-order valence-corrected chi connectivity index (χ4v) is 4.19. The number of halogens is 1. The van der Waals surface area contributed by atoms with Crippen LogP contribution in [-0.4, -0.2) is 33.7 Å². The first-order valence-electron chi connectivity index (χ1n) is 10.2. The Labute approximate surface area is 171 Å². The monoisotopic (exact) mass is 391 g/mol. The Balaban J connectivity index is 1.43. The van der Waals surface area contributed by atoms with Crippen molar-refractivity contribution in [3.63, 3.8) is 0 Å². The first-order chi connectivity index (χ1) is 14.0. The van der Waals surface area contributed by atoms with Crippen LogP contribution in [0, 0.1) is 25.6 Å². The highest BCUT2D eigenvalue weighted by atomic mass is 19.1. The average Bonchev–Trinajstić information content (AvgIpc) is 3.07. The fourth-order valence-electron chi connectivity index (χ4n) is 4.19. The highest BCUT2D eigenvalue weighted by molar-refractivity contribution is 5.94. The molecular formula is C24H26FN3O. The summed E-state index contributed by atoms with van der Waals surface area (Å²) in [5.41, 5.74) is 4.84. The predicted molar refractivity (Wildman–Crippen MR) is 112 cm³/mol. The number of aryl methyl sites for hydroxylation is 2. The lowest BCUT2D eigenvalue weighted by atomic mass is 9.91. The Morgan fingerprint density at radius 1 is 1.10 bits per heavy atom. The van der Waals surface area contributed by atoms with E-state index in [1.165, 1.54) is 12.1 Å². The molecule has 0 spiro atoms. The third-order valence-electron chi connectivity index (χ3n) is 5.61. The molecule has 3 aromatic rings. The van der Waals surface area contributed by atoms with Gasteiger partial charge in [-0.3, -0.25) is 4.79 Å². The van der Waals surface area contributed by atoms with Crippen molar-refractivity contribution in [2.45, 2.75) is 33.1 Å². The van der Waals surface area contributed by atoms with Crippen LogP contribution >= 0.6 is 0 Å². The molecule has 1 fully saturated rings. The predicted octanol–water partition coefficient (Wildman–Crippen LogP) is 4.72. The lowest BCUT2D eigenvalue weighted by Crippen LogP contribution is -2.40. The van der Waals surface area contributed by atoms with Gasteiger partial charge in [-0.1, -0.05) is 12.1 Å². The van der Waals surface area contributed by atoms with Gasteiger partial charge in [-0.25, -0.2) is 9.07 Å². The van der Waals surface area contributed by atoms with E-state index < -0.39 is 0 Å². The van der Waals surface area contributed by atoms with Gasteiger partial charge in [0.2, 0.25) is 0 Å². The van der Waals surface area contributed by atoms with Crippen LogP contribution in [0.1, 0.15) is 40.2 Å². The third-order valence-corrected chi connectivity index (χ3v) is 5.61. The zero-order valence-corrected chi connectivity index (χ0v) is 16.9. The van der Waals surface area contributed by atoms with E-state index in [0.29, 0.717) is 11.5 Å². The highest BCUT2D eigenvalue weighted by Gasteiger charge is 2.24. The molecule has 4 nitrogen and oxygen atoms in total. The normalized spacial score (nSPS) is 16.8. The standard InChI is InChI=1S/C24H26FN3O/c1-17-14-18(2)28(26-17)23-11-7-21(8-12-23)24(29)27-13-3-4-20(16-27)15-19-5-9-22(25)10-6-19/h5-12,14,20H,3-4,13,15-16H2,1-2H3. The van der Waals surface area contributed by atoms with Crippen molar-refractivity contribution >= 4 is 5.91 Å². The Morgan fingerprint density at radius 3 is 2.48 bits per heavy atom. The maximum Gasteiger partial charge on any atom is 0.253 e. The number of rotatable bonds is 4. The second kappa shape index (κ2) is 8.19. The number of piperidine rings is 1. The van der Waals surface area contributed by atoms with Crippen LogP contribution in [0.4, 0.5) is 4.39 Å². The van der Waals surface area contributed by atoms with Crippen molar-refractivity contribution in [2.24, 2.45) is 5.92 Å². The van der Waals surface area contributed by atoms with E-state index in [9.17, 15) is 9.18 Å². The quantitative estimate of drug-likeness (QED) is 0.645. The molecule has 1 aromatic heterocycles. The van der Waals surface area contributed by atoms with Gasteiger partial charge in [0.1, 0.15) is 5.82 Å². The zero-order chi connectivity index (χ0) is 20.4. The van der Waals surface area contributed by atoms with E-state index in [4.69, 9.17) is 0 Å². The van der Waals surface area contributed by atoms with Crippen molar-refractivity contribution in [2.75, 3.05) is 13.1 Å². The van der Waals surface area contributed by atoms with E-state index in [0.717, 1.165) is 55.0 Å². The molecule has 0 bridgehead atoms. The third kappa shape index (κ3) is 4.39. The molecule has 29 heavy (non-hydrogen) atoms. The minimum Gasteiger partial charge on any atom is -0.338 e. The first-order valence-corrected chi connectivity index (χ1v) is 10.2. The molecule has 5 heteroatoms. The van der Waals surface area contributed by atoms with E-state index in [1.807, 2.05) is 65.9 Å². The van der Waals surface area contributed by atoms with Crippen LogP contribution < -0.4 is 0 Å². The number of carbonyl (C=O) groups is 1. The van der Waals surface area contributed by atoms with Gasteiger partial charge in [-0.05, 0) is 87.1 Å². The van der Waals surface area contributed by atoms with Gasteiger partial charge < -0.3 is 4.90 Å². The summed E-state index contributed by atoms with van der Waals surface area (Å²) < 4.78 is 15.0. The molecule has 0 aliphatic carbocycles. The smallest absolute Gasteiger partial charge is 0.253 e. The van der Waals surface area contributed by atoms with Crippen LogP contribution in [0.15, 0.2) is 54.6 Å². The van der Waals surface area contributed by atoms with Gasteiger partial charge in [0.05, 0.1) is 11.4 Å². The van der Waals surface area contributed by atoms with E-state index in [-0.39, 0.29) is 11.7 Å². The molecule has 1 aliphatic rings. The number of hydrogen-bond acceptors (Lipinski definition) is 2. The number of likely N-dealkylation sites (tertiary alicyclic amines) is 1. The summed E-state index contributed by atoms with van der Waals surface area (Å²) in [5, 5.41) is 4.50. The second-order valence-electron chi connectivity index (χ2n) is 7.98. The summed E-state index contributed by atoms with van der Waals surface area (Å²) in [4.78, 5) is 15.0. The molecule has 1 amide bonds. The molecule has 0 radical (unpaired) electrons. The summed E-state index contributed by atoms with van der Waals surface area (Å²) in [5.74, 6) is 0.277. The second-order valence-corrected chi connectivity index (χ2v) is 7.98. The molecule has 0 saturated carbocycles. The van der Waals surface area contributed by atoms with Crippen LogP contribution in [0.3, 0.4) is 0 Å². The topological polar surface area (TPSA) is 38.1 Å². The summed E-state index contributed by atoms with van der Waals surface area (Å²) in [6.45, 7) is 5.53. The molecule has 1 unspecified atom stereocenters. The number of aromatic nitrogens is 2. The molecule has 4 rings (SSSR count). The van der Waals surface area contributed by atoms with E-state index >= 15 is 0 Å². The highest BCUT2D eigenvalue weighted by Crippen LogP contribution is 2.23. The largest absolute Gasteiger partial charge is 0.338 e.